The number of hydrogen-bond acceptors (Lipinski definition) is 12. The third kappa shape index (κ3) is 9.28. The molecule has 0 aliphatic heterocycles. The van der Waals surface area contributed by atoms with Crippen molar-refractivity contribution < 1.29 is 60.0 Å². The molecule has 0 amide bonds. The van der Waals surface area contributed by atoms with Crippen LogP contribution in [0.5, 0.6) is 0 Å². The maximum Gasteiger partial charge on any atom is 4.00 e. The Kier molecular flexibility index (Phi) is 11.9. The molecular formula is C9H8O12. The van der Waals surface area contributed by atoms with Gasteiger partial charge >= 0.3 is 7.43 Å². The van der Waals surface area contributed by atoms with Gasteiger partial charge in [0.1, 0.15) is 24.4 Å². The van der Waals surface area contributed by atoms with Crippen LogP contribution in [0.3, 0.4) is 0 Å². The van der Waals surface area contributed by atoms with Crippen LogP contribution in [0.25, 0.3) is 0 Å². The molecule has 0 bridgehead atoms. The van der Waals surface area contributed by atoms with Gasteiger partial charge in [-0.15, -0.1) is 0 Å². The summed E-state index contributed by atoms with van der Waals surface area (Å²) in [6.45, 7) is 0. The molecular weight excluding hydrogens is 300 g/mol. The number of carboxylic acid groups (broad SMARTS) is 4. The van der Waals surface area contributed by atoms with Gasteiger partial charge in [-0.2, -0.15) is 0 Å². The molecule has 21 heavy (non-hydrogen) atoms. The maximum atomic E-state index is 9.63. The van der Waals surface area contributed by atoms with Gasteiger partial charge in [0, 0.05) is 0 Å². The molecule has 0 aromatic carbocycles. The van der Waals surface area contributed by atoms with Gasteiger partial charge in [0.2, 0.25) is 0 Å². The molecule has 4 atom stereocenters. The van der Waals surface area contributed by atoms with Gasteiger partial charge in [-0.3, -0.25) is 0 Å². The van der Waals surface area contributed by atoms with Crippen LogP contribution in [0.1, 0.15) is 0 Å². The van der Waals surface area contributed by atoms with Crippen molar-refractivity contribution in [2.45, 2.75) is 24.4 Å². The fraction of sp³-hybridized carbons (Fsp3) is 0.444. The Hall–Kier alpha value is -2.28. The molecule has 0 saturated heterocycles. The normalized spacial score (nSPS) is 15.0. The number of hydrogen-bond donors (Lipinski definition) is 4. The van der Waals surface area contributed by atoms with Crippen LogP contribution in [-0.4, -0.2) is 68.7 Å². The fourth-order valence-electron chi connectivity index (χ4n) is 0.516. The Labute approximate surface area is 117 Å². The van der Waals surface area contributed by atoms with E-state index >= 15 is 0 Å². The van der Waals surface area contributed by atoms with Crippen molar-refractivity contribution in [3.63, 3.8) is 0 Å². The monoisotopic (exact) mass is 308 g/mol. The molecule has 0 heterocycles. The average molecular weight is 308 g/mol. The Morgan fingerprint density at radius 2 is 0.619 bits per heavy atom. The molecule has 0 spiro atoms. The smallest absolute Gasteiger partial charge is 0.547 e. The van der Waals surface area contributed by atoms with Crippen LogP contribution < -0.4 is 20.4 Å². The molecule has 4 unspecified atom stereocenters. The minimum Gasteiger partial charge on any atom is -0.547 e. The first-order chi connectivity index (χ1) is 8.93. The zero-order chi connectivity index (χ0) is 16.6. The number of carboxylic acids is 4. The van der Waals surface area contributed by atoms with E-state index in [1.54, 1.807) is 0 Å². The second-order valence-electron chi connectivity index (χ2n) is 3.06. The molecule has 12 nitrogen and oxygen atoms in total. The number of carbonyl (C=O) groups excluding carboxylic acids is 4. The molecule has 4 N–H and O–H groups in total. The summed E-state index contributed by atoms with van der Waals surface area (Å²) in [6, 6.07) is 0. The van der Waals surface area contributed by atoms with E-state index in [2.05, 4.69) is 0 Å². The summed E-state index contributed by atoms with van der Waals surface area (Å²) < 4.78 is 0. The molecule has 12 heteroatoms. The quantitative estimate of drug-likeness (QED) is 0.357. The van der Waals surface area contributed by atoms with Gasteiger partial charge in [-0.25, -0.2) is 0 Å². The van der Waals surface area contributed by atoms with Crippen molar-refractivity contribution in [2.75, 3.05) is 0 Å². The van der Waals surface area contributed by atoms with E-state index in [-0.39, 0.29) is 7.43 Å². The summed E-state index contributed by atoms with van der Waals surface area (Å²) in [6.07, 6.45) is -9.76. The summed E-state index contributed by atoms with van der Waals surface area (Å²) in [5.41, 5.74) is 0. The van der Waals surface area contributed by atoms with Crippen molar-refractivity contribution in [1.82, 2.24) is 0 Å². The van der Waals surface area contributed by atoms with Crippen LogP contribution in [0.15, 0.2) is 0 Å². The zero-order valence-corrected chi connectivity index (χ0v) is 9.86. The third-order valence-electron chi connectivity index (χ3n) is 1.56. The van der Waals surface area contributed by atoms with E-state index in [1.807, 2.05) is 0 Å². The summed E-state index contributed by atoms with van der Waals surface area (Å²) >= 11 is 0. The van der Waals surface area contributed by atoms with Crippen LogP contribution in [0, 0.1) is 7.43 Å². The van der Waals surface area contributed by atoms with E-state index in [0.29, 0.717) is 0 Å². The van der Waals surface area contributed by atoms with Crippen molar-refractivity contribution in [2.24, 2.45) is 0 Å². The number of carbonyl (C=O) groups is 4. The molecule has 0 rings (SSSR count). The van der Waals surface area contributed by atoms with E-state index in [1.165, 1.54) is 0 Å². The molecule has 0 aromatic heterocycles. The predicted octanol–water partition coefficient (Wildman–Crippen LogP) is -9.50. The van der Waals surface area contributed by atoms with Crippen LogP contribution in [0.2, 0.25) is 0 Å². The second-order valence-corrected chi connectivity index (χ2v) is 3.06. The standard InChI is InChI=1S/2C4H6O6.C/c2*5-1(3(7)8)2(6)4(9)10;/h2*1-2,5-6H,(H,7,8)(H,9,10);/q;;+4/p-4. The first kappa shape index (κ1) is 23.8. The number of rotatable bonds is 6. The van der Waals surface area contributed by atoms with E-state index < -0.39 is 48.3 Å². The average Bonchev–Trinajstić information content (AvgIpc) is 2.35. The van der Waals surface area contributed by atoms with Gasteiger partial charge in [0.15, 0.2) is 0 Å². The minimum absolute atomic E-state index is 0. The number of aliphatic hydroxyl groups excluding tert-OH is 4. The summed E-state index contributed by atoms with van der Waals surface area (Å²) in [4.78, 5) is 38.5. The minimum atomic E-state index is -2.44. The predicted molar refractivity (Wildman–Crippen MR) is 47.3 cm³/mol. The fourth-order valence-corrected chi connectivity index (χ4v) is 0.516. The molecule has 0 fully saturated rings. The van der Waals surface area contributed by atoms with Gasteiger partial charge in [-0.05, 0) is 0 Å². The molecule has 0 aromatic rings. The van der Waals surface area contributed by atoms with E-state index in [9.17, 15) is 39.6 Å². The zero-order valence-electron chi connectivity index (χ0n) is 9.86. The second kappa shape index (κ2) is 10.5. The largest absolute Gasteiger partial charge is 4.00 e. The maximum absolute atomic E-state index is 9.63. The molecule has 0 aliphatic carbocycles. The first-order valence-corrected chi connectivity index (χ1v) is 4.49. The topological polar surface area (TPSA) is 241 Å². The summed E-state index contributed by atoms with van der Waals surface area (Å²) in [5, 5.41) is 71.5. The number of aliphatic hydroxyl groups is 4. The summed E-state index contributed by atoms with van der Waals surface area (Å²) in [7, 11) is 0. The molecule has 0 saturated carbocycles. The van der Waals surface area contributed by atoms with Crippen molar-refractivity contribution in [3.05, 3.63) is 7.43 Å². The third-order valence-corrected chi connectivity index (χ3v) is 1.56. The molecule has 0 aliphatic rings. The Morgan fingerprint density at radius 1 is 0.524 bits per heavy atom. The molecule has 0 radical (unpaired) electrons. The van der Waals surface area contributed by atoms with Crippen molar-refractivity contribution >= 4 is 23.9 Å². The Balaban J connectivity index is -0.000000295. The van der Waals surface area contributed by atoms with Crippen LogP contribution in [0.4, 0.5) is 0 Å². The van der Waals surface area contributed by atoms with Crippen LogP contribution >= 0.6 is 0 Å². The SMILES string of the molecule is O=C([O-])C(O)C(O)C(=O)[O-].O=C([O-])C(O)C(O)C(=O)[O-].[C+4]. The Morgan fingerprint density at radius 3 is 0.667 bits per heavy atom. The van der Waals surface area contributed by atoms with Crippen LogP contribution in [-0.2, 0) is 19.2 Å². The molecule has 116 valence electrons. The number of aliphatic carboxylic acids is 4. The summed E-state index contributed by atoms with van der Waals surface area (Å²) in [5.74, 6) is -8.23. The van der Waals surface area contributed by atoms with Gasteiger partial charge in [0.05, 0.1) is 23.9 Å². The Bertz CT molecular complexity index is 305. The first-order valence-electron chi connectivity index (χ1n) is 4.49. The van der Waals surface area contributed by atoms with Crippen molar-refractivity contribution in [1.29, 1.82) is 0 Å². The van der Waals surface area contributed by atoms with E-state index in [0.717, 1.165) is 0 Å². The van der Waals surface area contributed by atoms with Gasteiger partial charge in [0.25, 0.3) is 0 Å². The van der Waals surface area contributed by atoms with E-state index in [4.69, 9.17) is 20.4 Å². The van der Waals surface area contributed by atoms with Crippen molar-refractivity contribution in [3.8, 4) is 0 Å². The van der Waals surface area contributed by atoms with Gasteiger partial charge in [-0.1, -0.05) is 0 Å². The van der Waals surface area contributed by atoms with Gasteiger partial charge < -0.3 is 60.0 Å².